The molecule has 2 amide bonds. The highest BCUT2D eigenvalue weighted by atomic mass is 32.1. The fourth-order valence-corrected chi connectivity index (χ4v) is 2.85. The Morgan fingerprint density at radius 1 is 1.39 bits per heavy atom. The average molecular weight is 348 g/mol. The predicted octanol–water partition coefficient (Wildman–Crippen LogP) is 1.36. The summed E-state index contributed by atoms with van der Waals surface area (Å²) in [4.78, 5) is 35.8. The molecular weight excluding hydrogens is 337 g/mol. The summed E-state index contributed by atoms with van der Waals surface area (Å²) in [5.74, 6) is -4.04. The van der Waals surface area contributed by atoms with Crippen molar-refractivity contribution in [3.8, 4) is 0 Å². The number of methoxy groups -OCH3 is 1. The minimum atomic E-state index is -5.24. The lowest BCUT2D eigenvalue weighted by atomic mass is 9.89. The Morgan fingerprint density at radius 2 is 2.04 bits per heavy atom. The molecule has 1 aliphatic rings. The molecule has 0 spiro atoms. The number of hydrogen-bond donors (Lipinski definition) is 2. The first kappa shape index (κ1) is 17.0. The van der Waals surface area contributed by atoms with E-state index in [4.69, 9.17) is 0 Å². The van der Waals surface area contributed by atoms with Crippen LogP contribution in [0.15, 0.2) is 28.8 Å². The van der Waals surface area contributed by atoms with Crippen molar-refractivity contribution in [2.24, 2.45) is 0 Å². The summed E-state index contributed by atoms with van der Waals surface area (Å²) in [7, 11) is 0.883. The van der Waals surface area contributed by atoms with Crippen LogP contribution >= 0.6 is 11.3 Å². The van der Waals surface area contributed by atoms with Crippen molar-refractivity contribution in [3.05, 3.63) is 33.7 Å². The van der Waals surface area contributed by atoms with Crippen molar-refractivity contribution >= 4 is 29.1 Å². The van der Waals surface area contributed by atoms with Gasteiger partial charge < -0.3 is 15.4 Å². The summed E-state index contributed by atoms with van der Waals surface area (Å²) in [6.45, 7) is 1.12. The van der Waals surface area contributed by atoms with E-state index >= 15 is 0 Å². The zero-order valence-corrected chi connectivity index (χ0v) is 12.7. The van der Waals surface area contributed by atoms with Crippen molar-refractivity contribution in [1.82, 2.24) is 10.6 Å². The third-order valence-electron chi connectivity index (χ3n) is 3.25. The number of carbonyl (C=O) groups excluding carboxylic acids is 3. The van der Waals surface area contributed by atoms with E-state index < -0.39 is 35.1 Å². The lowest BCUT2D eigenvalue weighted by Crippen LogP contribution is -2.65. The van der Waals surface area contributed by atoms with Crippen LogP contribution in [0.1, 0.15) is 16.6 Å². The molecule has 0 radical (unpaired) electrons. The van der Waals surface area contributed by atoms with Gasteiger partial charge >= 0.3 is 12.1 Å². The Labute approximate surface area is 132 Å². The summed E-state index contributed by atoms with van der Waals surface area (Å²) in [5, 5.41) is 5.09. The highest BCUT2D eigenvalue weighted by molar-refractivity contribution is 7.12. The molecule has 0 aliphatic carbocycles. The molecule has 1 aliphatic heterocycles. The normalized spacial score (nSPS) is 21.2. The van der Waals surface area contributed by atoms with Crippen LogP contribution in [-0.4, -0.2) is 36.6 Å². The summed E-state index contributed by atoms with van der Waals surface area (Å²) >= 11 is 0.898. The number of amides is 2. The lowest BCUT2D eigenvalue weighted by Gasteiger charge is -2.31. The molecule has 23 heavy (non-hydrogen) atoms. The van der Waals surface area contributed by atoms with Crippen LogP contribution in [0.4, 0.5) is 13.2 Å². The molecule has 1 aromatic heterocycles. The van der Waals surface area contributed by atoms with Gasteiger partial charge in [0.25, 0.3) is 11.8 Å². The zero-order valence-electron chi connectivity index (χ0n) is 11.9. The second-order valence-electron chi connectivity index (χ2n) is 4.62. The van der Waals surface area contributed by atoms with Crippen LogP contribution in [0.3, 0.4) is 0 Å². The molecule has 1 aromatic rings. The lowest BCUT2D eigenvalue weighted by molar-refractivity contribution is -0.188. The monoisotopic (exact) mass is 348 g/mol. The number of alkyl halides is 3. The van der Waals surface area contributed by atoms with Gasteiger partial charge in [-0.1, -0.05) is 6.07 Å². The third kappa shape index (κ3) is 2.58. The van der Waals surface area contributed by atoms with E-state index in [1.54, 1.807) is 5.32 Å². The maximum Gasteiger partial charge on any atom is 0.425 e. The Bertz CT molecular complexity index is 697. The van der Waals surface area contributed by atoms with Crippen molar-refractivity contribution in [1.29, 1.82) is 0 Å². The Hall–Kier alpha value is -2.36. The first-order valence-corrected chi connectivity index (χ1v) is 7.07. The first-order chi connectivity index (χ1) is 10.6. The van der Waals surface area contributed by atoms with Crippen molar-refractivity contribution in [2.75, 3.05) is 7.11 Å². The molecule has 2 heterocycles. The minimum Gasteiger partial charge on any atom is -0.466 e. The number of rotatable bonds is 3. The van der Waals surface area contributed by atoms with Crippen LogP contribution in [0.25, 0.3) is 0 Å². The summed E-state index contributed by atoms with van der Waals surface area (Å²) in [6.07, 6.45) is -5.24. The van der Waals surface area contributed by atoms with Gasteiger partial charge in [0, 0.05) is 5.70 Å². The molecule has 0 saturated carbocycles. The van der Waals surface area contributed by atoms with Crippen LogP contribution in [0.5, 0.6) is 0 Å². The number of nitrogens with one attached hydrogen (secondary N) is 2. The topological polar surface area (TPSA) is 84.5 Å². The summed E-state index contributed by atoms with van der Waals surface area (Å²) in [6, 6.07) is 2.77. The van der Waals surface area contributed by atoms with Crippen molar-refractivity contribution in [3.63, 3.8) is 0 Å². The van der Waals surface area contributed by atoms with E-state index in [1.165, 1.54) is 17.5 Å². The number of halogens is 3. The minimum absolute atomic E-state index is 0.0322. The van der Waals surface area contributed by atoms with Crippen LogP contribution in [-0.2, 0) is 14.3 Å². The van der Waals surface area contributed by atoms with E-state index in [2.05, 4.69) is 4.74 Å². The molecule has 10 heteroatoms. The predicted molar refractivity (Wildman–Crippen MR) is 73.4 cm³/mol. The van der Waals surface area contributed by atoms with Gasteiger partial charge in [-0.15, -0.1) is 11.3 Å². The second kappa shape index (κ2) is 5.69. The zero-order chi connectivity index (χ0) is 17.4. The number of esters is 1. The van der Waals surface area contributed by atoms with E-state index in [0.29, 0.717) is 0 Å². The van der Waals surface area contributed by atoms with Gasteiger partial charge in [-0.3, -0.25) is 9.59 Å². The van der Waals surface area contributed by atoms with Gasteiger partial charge in [-0.05, 0) is 18.4 Å². The first-order valence-electron chi connectivity index (χ1n) is 6.19. The maximum atomic E-state index is 13.7. The number of hydrogen-bond acceptors (Lipinski definition) is 5. The van der Waals surface area contributed by atoms with E-state index in [0.717, 1.165) is 25.4 Å². The Morgan fingerprint density at radius 3 is 2.52 bits per heavy atom. The second-order valence-corrected chi connectivity index (χ2v) is 5.57. The molecule has 2 rings (SSSR count). The molecule has 2 N–H and O–H groups in total. The molecule has 6 nitrogen and oxygen atoms in total. The Kier molecular flexibility index (Phi) is 4.20. The molecule has 1 atom stereocenters. The highest BCUT2D eigenvalue weighted by Crippen LogP contribution is 2.41. The van der Waals surface area contributed by atoms with Crippen LogP contribution in [0.2, 0.25) is 0 Å². The van der Waals surface area contributed by atoms with Gasteiger partial charge in [-0.2, -0.15) is 13.2 Å². The number of carbonyl (C=O) groups is 3. The smallest absolute Gasteiger partial charge is 0.425 e. The van der Waals surface area contributed by atoms with E-state index in [1.807, 2.05) is 5.32 Å². The highest BCUT2D eigenvalue weighted by Gasteiger charge is 2.69. The fourth-order valence-electron chi connectivity index (χ4n) is 2.23. The molecule has 1 unspecified atom stereocenters. The maximum absolute atomic E-state index is 13.7. The number of thiophene rings is 1. The van der Waals surface area contributed by atoms with Crippen LogP contribution in [0, 0.1) is 0 Å². The molecule has 0 saturated heterocycles. The largest absolute Gasteiger partial charge is 0.466 e. The summed E-state index contributed by atoms with van der Waals surface area (Å²) in [5.41, 5.74) is -4.81. The van der Waals surface area contributed by atoms with Gasteiger partial charge in [0.05, 0.1) is 12.0 Å². The quantitative estimate of drug-likeness (QED) is 0.808. The van der Waals surface area contributed by atoms with Gasteiger partial charge in [0.2, 0.25) is 5.54 Å². The van der Waals surface area contributed by atoms with Crippen molar-refractivity contribution < 1.29 is 32.3 Å². The molecule has 0 bridgehead atoms. The SMILES string of the molecule is COC(=O)C1=C(C)NC(=O)C1(NC(=O)c1cccs1)C(F)(F)F. The van der Waals surface area contributed by atoms with Crippen molar-refractivity contribution in [2.45, 2.75) is 18.6 Å². The fraction of sp³-hybridized carbons (Fsp3) is 0.308. The van der Waals surface area contributed by atoms with Crippen LogP contribution < -0.4 is 10.6 Å². The third-order valence-corrected chi connectivity index (χ3v) is 4.12. The summed E-state index contributed by atoms with van der Waals surface area (Å²) < 4.78 is 45.4. The number of ether oxygens (including phenoxy) is 1. The standard InChI is InChI=1S/C13H11F3N2O4S/c1-6-8(10(20)22-2)12(11(21)17-6,13(14,15)16)18-9(19)7-4-3-5-23-7/h3-5H,1-2H3,(H,17,21)(H,18,19). The molecule has 0 aromatic carbocycles. The van der Waals surface area contributed by atoms with Gasteiger partial charge in [-0.25, -0.2) is 4.79 Å². The van der Waals surface area contributed by atoms with Gasteiger partial charge in [0.15, 0.2) is 0 Å². The molecule has 0 fully saturated rings. The van der Waals surface area contributed by atoms with E-state index in [-0.39, 0.29) is 10.6 Å². The molecular formula is C13H11F3N2O4S. The number of allylic oxidation sites excluding steroid dienone is 1. The van der Waals surface area contributed by atoms with Gasteiger partial charge in [0.1, 0.15) is 5.57 Å². The average Bonchev–Trinajstić information content (AvgIpc) is 3.05. The van der Waals surface area contributed by atoms with E-state index in [9.17, 15) is 27.6 Å². The molecule has 124 valence electrons. The Balaban J connectivity index is 2.57.